The maximum absolute atomic E-state index is 10.7. The summed E-state index contributed by atoms with van der Waals surface area (Å²) in [7, 11) is 0. The van der Waals surface area contributed by atoms with Crippen LogP contribution in [0, 0.1) is 0 Å². The number of aliphatic hydroxyl groups is 3. The Morgan fingerprint density at radius 2 is 1.82 bits per heavy atom. The second-order valence-corrected chi connectivity index (χ2v) is 2.76. The minimum Gasteiger partial charge on any atom is -0.438 e. The van der Waals surface area contributed by atoms with Gasteiger partial charge in [0.25, 0.3) is 0 Å². The maximum atomic E-state index is 10.7. The fourth-order valence-electron chi connectivity index (χ4n) is 0.372. The molecule has 0 aliphatic rings. The monoisotopic (exact) mass is 182 g/mol. The van der Waals surface area contributed by atoms with Crippen LogP contribution in [0.4, 0.5) is 0 Å². The van der Waals surface area contributed by atoms with E-state index in [4.69, 9.17) is 15.3 Å². The molecular weight excluding hydrogens is 172 g/mol. The zero-order valence-corrected chi connectivity index (χ0v) is 6.62. The smallest absolute Gasteiger partial charge is 0.328 e. The summed E-state index contributed by atoms with van der Waals surface area (Å²) >= 11 is 3.66. The molecule has 0 atom stereocenters. The number of hydrogen-bond acceptors (Lipinski definition) is 6. The summed E-state index contributed by atoms with van der Waals surface area (Å²) < 4.78 is 2.49. The van der Waals surface area contributed by atoms with Crippen LogP contribution < -0.4 is 0 Å². The number of ether oxygens (including phenoxy) is 1. The molecule has 0 spiro atoms. The molecule has 0 aromatic rings. The van der Waals surface area contributed by atoms with Gasteiger partial charge in [0.1, 0.15) is 0 Å². The summed E-state index contributed by atoms with van der Waals surface area (Å²) in [6.07, 6.45) is 0. The number of hydrogen-bond donors (Lipinski definition) is 4. The summed E-state index contributed by atoms with van der Waals surface area (Å²) in [6, 6.07) is 0. The molecule has 0 radical (unpaired) electrons. The molecule has 0 aliphatic heterocycles. The molecule has 0 bridgehead atoms. The van der Waals surface area contributed by atoms with E-state index in [1.54, 1.807) is 0 Å². The first-order valence-corrected chi connectivity index (χ1v) is 3.27. The van der Waals surface area contributed by atoms with Crippen molar-refractivity contribution in [1.82, 2.24) is 0 Å². The first kappa shape index (κ1) is 10.7. The number of aliphatic hydroxyl groups excluding tert-OH is 3. The Morgan fingerprint density at radius 1 is 1.36 bits per heavy atom. The van der Waals surface area contributed by atoms with Gasteiger partial charge in [-0.15, -0.1) is 0 Å². The molecule has 66 valence electrons. The molecule has 0 aliphatic carbocycles. The zero-order chi connectivity index (χ0) is 8.91. The van der Waals surface area contributed by atoms with E-state index in [0.717, 1.165) is 0 Å². The van der Waals surface area contributed by atoms with Gasteiger partial charge in [-0.1, -0.05) is 0 Å². The summed E-state index contributed by atoms with van der Waals surface area (Å²) in [5, 5.41) is 25.3. The van der Waals surface area contributed by atoms with E-state index in [1.807, 2.05) is 0 Å². The molecular formula is C5H10O5S. The topological polar surface area (TPSA) is 87.0 Å². The highest BCUT2D eigenvalue weighted by atomic mass is 32.1. The van der Waals surface area contributed by atoms with Gasteiger partial charge >= 0.3 is 5.97 Å². The molecule has 0 rings (SSSR count). The minimum absolute atomic E-state index is 0.647. The van der Waals surface area contributed by atoms with Crippen LogP contribution in [-0.4, -0.2) is 46.0 Å². The number of esters is 1. The zero-order valence-electron chi connectivity index (χ0n) is 5.73. The lowest BCUT2D eigenvalue weighted by atomic mass is 10.2. The maximum Gasteiger partial charge on any atom is 0.328 e. The van der Waals surface area contributed by atoms with E-state index < -0.39 is 30.7 Å². The number of carbonyl (C=O) groups is 1. The number of thiol groups is 1. The Kier molecular flexibility index (Phi) is 4.43. The van der Waals surface area contributed by atoms with Crippen LogP contribution in [0.5, 0.6) is 0 Å². The fourth-order valence-corrected chi connectivity index (χ4v) is 0.437. The van der Waals surface area contributed by atoms with E-state index in [1.165, 1.54) is 0 Å². The van der Waals surface area contributed by atoms with Crippen molar-refractivity contribution in [2.75, 3.05) is 20.0 Å². The van der Waals surface area contributed by atoms with E-state index in [2.05, 4.69) is 17.4 Å². The third-order valence-corrected chi connectivity index (χ3v) is 1.56. The van der Waals surface area contributed by atoms with Crippen LogP contribution in [-0.2, 0) is 9.53 Å². The first-order valence-electron chi connectivity index (χ1n) is 2.83. The van der Waals surface area contributed by atoms with Crippen molar-refractivity contribution in [2.24, 2.45) is 0 Å². The van der Waals surface area contributed by atoms with Gasteiger partial charge in [0.15, 0.2) is 11.5 Å². The molecule has 0 heterocycles. The van der Waals surface area contributed by atoms with Crippen LogP contribution >= 0.6 is 12.6 Å². The normalized spacial score (nSPS) is 11.3. The lowest BCUT2D eigenvalue weighted by Gasteiger charge is -2.19. The van der Waals surface area contributed by atoms with Crippen molar-refractivity contribution >= 4 is 18.6 Å². The molecule has 0 saturated heterocycles. The van der Waals surface area contributed by atoms with Crippen LogP contribution in [0.15, 0.2) is 0 Å². The van der Waals surface area contributed by atoms with Gasteiger partial charge in [0.05, 0.1) is 13.2 Å². The van der Waals surface area contributed by atoms with Crippen molar-refractivity contribution in [3.05, 3.63) is 0 Å². The average Bonchev–Trinajstić information content (AvgIpc) is 2.03. The molecule has 0 aromatic heterocycles. The third-order valence-electron chi connectivity index (χ3n) is 1.10. The standard InChI is InChI=1S/C5H10O5S/c6-1-5(11,2-7)4(9)10-3-8/h6-8,11H,1-3H2. The van der Waals surface area contributed by atoms with Crippen LogP contribution in [0.2, 0.25) is 0 Å². The molecule has 11 heavy (non-hydrogen) atoms. The number of carbonyl (C=O) groups excluding carboxylic acids is 1. The second-order valence-electron chi connectivity index (χ2n) is 1.91. The fraction of sp³-hybridized carbons (Fsp3) is 0.800. The van der Waals surface area contributed by atoms with E-state index >= 15 is 0 Å². The van der Waals surface area contributed by atoms with Gasteiger partial charge in [-0.2, -0.15) is 12.6 Å². The quantitative estimate of drug-likeness (QED) is 0.232. The molecule has 0 saturated carbocycles. The minimum atomic E-state index is -1.62. The van der Waals surface area contributed by atoms with Gasteiger partial charge in [-0.3, -0.25) is 4.79 Å². The predicted molar refractivity (Wildman–Crippen MR) is 39.1 cm³/mol. The Balaban J connectivity index is 4.12. The van der Waals surface area contributed by atoms with Gasteiger partial charge in [-0.05, 0) is 0 Å². The van der Waals surface area contributed by atoms with Crippen molar-refractivity contribution in [3.8, 4) is 0 Å². The van der Waals surface area contributed by atoms with E-state index in [0.29, 0.717) is 0 Å². The van der Waals surface area contributed by atoms with Crippen LogP contribution in [0.25, 0.3) is 0 Å². The first-order chi connectivity index (χ1) is 5.10. The highest BCUT2D eigenvalue weighted by Crippen LogP contribution is 2.14. The summed E-state index contributed by atoms with van der Waals surface area (Å²) in [6.45, 7) is -2.09. The van der Waals surface area contributed by atoms with Crippen molar-refractivity contribution in [2.45, 2.75) is 4.75 Å². The number of rotatable bonds is 4. The van der Waals surface area contributed by atoms with Crippen molar-refractivity contribution in [1.29, 1.82) is 0 Å². The predicted octanol–water partition coefficient (Wildman–Crippen LogP) is -1.87. The van der Waals surface area contributed by atoms with E-state index in [-0.39, 0.29) is 0 Å². The highest BCUT2D eigenvalue weighted by molar-refractivity contribution is 7.82. The molecule has 3 N–H and O–H groups in total. The molecule has 5 nitrogen and oxygen atoms in total. The second kappa shape index (κ2) is 4.55. The van der Waals surface area contributed by atoms with E-state index in [9.17, 15) is 4.79 Å². The third kappa shape index (κ3) is 2.66. The average molecular weight is 182 g/mol. The Morgan fingerprint density at radius 3 is 2.09 bits per heavy atom. The highest BCUT2D eigenvalue weighted by Gasteiger charge is 2.34. The lowest BCUT2D eigenvalue weighted by molar-refractivity contribution is -0.157. The summed E-state index contributed by atoms with van der Waals surface area (Å²) in [4.78, 5) is 10.7. The van der Waals surface area contributed by atoms with Crippen LogP contribution in [0.3, 0.4) is 0 Å². The molecule has 0 amide bonds. The summed E-state index contributed by atoms with van der Waals surface area (Å²) in [5.41, 5.74) is 0. The SMILES string of the molecule is O=C(OCO)C(S)(CO)CO. The van der Waals surface area contributed by atoms with Gasteiger partial charge < -0.3 is 20.1 Å². The van der Waals surface area contributed by atoms with Gasteiger partial charge in [0, 0.05) is 0 Å². The summed E-state index contributed by atoms with van der Waals surface area (Å²) in [5.74, 6) is -0.951. The van der Waals surface area contributed by atoms with Crippen molar-refractivity contribution < 1.29 is 24.9 Å². The van der Waals surface area contributed by atoms with Crippen molar-refractivity contribution in [3.63, 3.8) is 0 Å². The Bertz CT molecular complexity index is 133. The van der Waals surface area contributed by atoms with Crippen LogP contribution in [0.1, 0.15) is 0 Å². The Hall–Kier alpha value is -0.300. The lowest BCUT2D eigenvalue weighted by Crippen LogP contribution is -2.42. The van der Waals surface area contributed by atoms with Gasteiger partial charge in [0.2, 0.25) is 0 Å². The molecule has 0 aromatic carbocycles. The molecule has 0 unspecified atom stereocenters. The molecule has 6 heteroatoms. The largest absolute Gasteiger partial charge is 0.438 e. The van der Waals surface area contributed by atoms with Gasteiger partial charge in [-0.25, -0.2) is 0 Å². The molecule has 0 fully saturated rings. The Labute approximate surface area is 69.0 Å².